The molecule has 3 rings (SSSR count). The molecule has 0 saturated heterocycles. The van der Waals surface area contributed by atoms with E-state index in [9.17, 15) is 4.79 Å². The number of amides is 1. The van der Waals surface area contributed by atoms with Crippen LogP contribution in [0.5, 0.6) is 0 Å². The van der Waals surface area contributed by atoms with Gasteiger partial charge in [-0.25, -0.2) is 0 Å². The quantitative estimate of drug-likeness (QED) is 0.875. The lowest BCUT2D eigenvalue weighted by Crippen LogP contribution is -2.39. The third kappa shape index (κ3) is 2.84. The number of nitrogens with one attached hydrogen (secondary N) is 2. The smallest absolute Gasteiger partial charge is 0.224 e. The molecule has 1 aliphatic carbocycles. The van der Waals surface area contributed by atoms with Gasteiger partial charge in [0.1, 0.15) is 0 Å². The van der Waals surface area contributed by atoms with E-state index >= 15 is 0 Å². The Morgan fingerprint density at radius 1 is 1.37 bits per heavy atom. The predicted molar refractivity (Wildman–Crippen MR) is 72.7 cm³/mol. The van der Waals surface area contributed by atoms with Crippen LogP contribution in [0.1, 0.15) is 23.2 Å². The van der Waals surface area contributed by atoms with Crippen molar-refractivity contribution in [1.29, 1.82) is 0 Å². The molecule has 98 valence electrons. The van der Waals surface area contributed by atoms with E-state index in [-0.39, 0.29) is 11.9 Å². The molecule has 0 spiro atoms. The standard InChI is InChI=1S/C15H17N3O/c19-15(8-11-4-2-1-3-5-11)17-13-7-6-12-10-16-18-14(12)9-13/h1-5,10,13H,6-9H2,(H,16,18)(H,17,19). The first kappa shape index (κ1) is 12.0. The number of fused-ring (bicyclic) bond motifs is 1. The Labute approximate surface area is 112 Å². The summed E-state index contributed by atoms with van der Waals surface area (Å²) in [5.74, 6) is 0.0964. The van der Waals surface area contributed by atoms with Gasteiger partial charge in [-0.05, 0) is 24.0 Å². The molecule has 2 aromatic rings. The average Bonchev–Trinajstić information content (AvgIpc) is 2.87. The second-order valence-electron chi connectivity index (χ2n) is 5.04. The number of rotatable bonds is 3. The Morgan fingerprint density at radius 2 is 2.21 bits per heavy atom. The van der Waals surface area contributed by atoms with Gasteiger partial charge in [0.15, 0.2) is 0 Å². The number of nitrogens with zero attached hydrogens (tertiary/aromatic N) is 1. The fourth-order valence-corrected chi connectivity index (χ4v) is 2.59. The monoisotopic (exact) mass is 255 g/mol. The van der Waals surface area contributed by atoms with Crippen molar-refractivity contribution in [3.8, 4) is 0 Å². The Kier molecular flexibility index (Phi) is 3.31. The van der Waals surface area contributed by atoms with Crippen LogP contribution in [0.2, 0.25) is 0 Å². The Hall–Kier alpha value is -2.10. The SMILES string of the molecule is O=C(Cc1ccccc1)NC1CCc2cn[nH]c2C1. The molecule has 19 heavy (non-hydrogen) atoms. The number of hydrogen-bond donors (Lipinski definition) is 2. The highest BCUT2D eigenvalue weighted by Gasteiger charge is 2.21. The van der Waals surface area contributed by atoms with E-state index < -0.39 is 0 Å². The van der Waals surface area contributed by atoms with E-state index in [4.69, 9.17) is 0 Å². The van der Waals surface area contributed by atoms with Crippen molar-refractivity contribution in [2.45, 2.75) is 31.7 Å². The van der Waals surface area contributed by atoms with Crippen LogP contribution in [0.15, 0.2) is 36.5 Å². The van der Waals surface area contributed by atoms with Gasteiger partial charge in [0.25, 0.3) is 0 Å². The summed E-state index contributed by atoms with van der Waals surface area (Å²) in [4.78, 5) is 12.0. The Bertz CT molecular complexity index is 562. The molecular formula is C15H17N3O. The lowest BCUT2D eigenvalue weighted by Gasteiger charge is -2.22. The van der Waals surface area contributed by atoms with Crippen molar-refractivity contribution in [2.24, 2.45) is 0 Å². The highest BCUT2D eigenvalue weighted by Crippen LogP contribution is 2.18. The lowest BCUT2D eigenvalue weighted by molar-refractivity contribution is -0.121. The first-order valence-electron chi connectivity index (χ1n) is 6.65. The van der Waals surface area contributed by atoms with Gasteiger partial charge in [0.2, 0.25) is 5.91 Å². The first-order valence-corrected chi connectivity index (χ1v) is 6.65. The normalized spacial score (nSPS) is 17.8. The molecule has 1 aromatic carbocycles. The minimum Gasteiger partial charge on any atom is -0.353 e. The van der Waals surface area contributed by atoms with Crippen LogP contribution in [0.3, 0.4) is 0 Å². The Balaban J connectivity index is 1.56. The number of hydrogen-bond acceptors (Lipinski definition) is 2. The fraction of sp³-hybridized carbons (Fsp3) is 0.333. The molecule has 4 nitrogen and oxygen atoms in total. The highest BCUT2D eigenvalue weighted by molar-refractivity contribution is 5.78. The van der Waals surface area contributed by atoms with Crippen molar-refractivity contribution >= 4 is 5.91 Å². The van der Waals surface area contributed by atoms with Crippen LogP contribution in [0.25, 0.3) is 0 Å². The number of carbonyl (C=O) groups is 1. The molecule has 1 heterocycles. The number of aromatic amines is 1. The van der Waals surface area contributed by atoms with Crippen LogP contribution >= 0.6 is 0 Å². The van der Waals surface area contributed by atoms with Gasteiger partial charge in [-0.15, -0.1) is 0 Å². The second-order valence-corrected chi connectivity index (χ2v) is 5.04. The maximum Gasteiger partial charge on any atom is 0.224 e. The molecule has 1 aromatic heterocycles. The van der Waals surface area contributed by atoms with Gasteiger partial charge in [0.05, 0.1) is 12.6 Å². The molecule has 0 saturated carbocycles. The fourth-order valence-electron chi connectivity index (χ4n) is 2.59. The summed E-state index contributed by atoms with van der Waals surface area (Å²) in [6.07, 6.45) is 5.18. The number of aromatic nitrogens is 2. The third-order valence-corrected chi connectivity index (χ3v) is 3.59. The summed E-state index contributed by atoms with van der Waals surface area (Å²) >= 11 is 0. The lowest BCUT2D eigenvalue weighted by atomic mass is 9.93. The van der Waals surface area contributed by atoms with Crippen molar-refractivity contribution < 1.29 is 4.79 Å². The van der Waals surface area contributed by atoms with Crippen molar-refractivity contribution in [3.63, 3.8) is 0 Å². The summed E-state index contributed by atoms with van der Waals surface area (Å²) < 4.78 is 0. The molecule has 4 heteroatoms. The predicted octanol–water partition coefficient (Wildman–Crippen LogP) is 1.63. The van der Waals surface area contributed by atoms with E-state index in [2.05, 4.69) is 15.5 Å². The van der Waals surface area contributed by atoms with Crippen LogP contribution < -0.4 is 5.32 Å². The van der Waals surface area contributed by atoms with Crippen LogP contribution in [0, 0.1) is 0 Å². The van der Waals surface area contributed by atoms with Gasteiger partial charge >= 0.3 is 0 Å². The van der Waals surface area contributed by atoms with Gasteiger partial charge in [-0.1, -0.05) is 30.3 Å². The molecule has 0 aliphatic heterocycles. The van der Waals surface area contributed by atoms with Crippen molar-refractivity contribution in [3.05, 3.63) is 53.3 Å². The third-order valence-electron chi connectivity index (χ3n) is 3.59. The van der Waals surface area contributed by atoms with Crippen LogP contribution in [0.4, 0.5) is 0 Å². The Morgan fingerprint density at radius 3 is 3.05 bits per heavy atom. The van der Waals surface area contributed by atoms with E-state index in [0.29, 0.717) is 6.42 Å². The van der Waals surface area contributed by atoms with Gasteiger partial charge in [-0.2, -0.15) is 5.10 Å². The van der Waals surface area contributed by atoms with E-state index in [1.54, 1.807) is 0 Å². The minimum atomic E-state index is 0.0964. The zero-order valence-corrected chi connectivity index (χ0v) is 10.7. The molecule has 1 amide bonds. The zero-order chi connectivity index (χ0) is 13.1. The van der Waals surface area contributed by atoms with Gasteiger partial charge < -0.3 is 5.32 Å². The van der Waals surface area contributed by atoms with Crippen LogP contribution in [-0.4, -0.2) is 22.1 Å². The molecule has 2 N–H and O–H groups in total. The number of benzene rings is 1. The van der Waals surface area contributed by atoms with Crippen LogP contribution in [-0.2, 0) is 24.1 Å². The minimum absolute atomic E-state index is 0.0964. The summed E-state index contributed by atoms with van der Waals surface area (Å²) in [5, 5.41) is 10.2. The first-order chi connectivity index (χ1) is 9.31. The number of carbonyl (C=O) groups excluding carboxylic acids is 1. The molecular weight excluding hydrogens is 238 g/mol. The number of aryl methyl sites for hydroxylation is 1. The topological polar surface area (TPSA) is 57.8 Å². The highest BCUT2D eigenvalue weighted by atomic mass is 16.1. The summed E-state index contributed by atoms with van der Waals surface area (Å²) in [6.45, 7) is 0. The molecule has 1 unspecified atom stereocenters. The van der Waals surface area contributed by atoms with E-state index in [1.807, 2.05) is 36.5 Å². The average molecular weight is 255 g/mol. The summed E-state index contributed by atoms with van der Waals surface area (Å²) in [5.41, 5.74) is 3.50. The summed E-state index contributed by atoms with van der Waals surface area (Å²) in [6, 6.07) is 10.1. The molecule has 0 bridgehead atoms. The summed E-state index contributed by atoms with van der Waals surface area (Å²) in [7, 11) is 0. The van der Waals surface area contributed by atoms with Gasteiger partial charge in [-0.3, -0.25) is 9.89 Å². The molecule has 0 fully saturated rings. The number of H-pyrrole nitrogens is 1. The largest absolute Gasteiger partial charge is 0.353 e. The van der Waals surface area contributed by atoms with Gasteiger partial charge in [0, 0.05) is 18.2 Å². The maximum atomic E-state index is 12.0. The molecule has 1 aliphatic rings. The van der Waals surface area contributed by atoms with Crippen molar-refractivity contribution in [1.82, 2.24) is 15.5 Å². The van der Waals surface area contributed by atoms with E-state index in [1.165, 1.54) is 5.56 Å². The maximum absolute atomic E-state index is 12.0. The van der Waals surface area contributed by atoms with E-state index in [0.717, 1.165) is 30.5 Å². The zero-order valence-electron chi connectivity index (χ0n) is 10.7. The molecule has 0 radical (unpaired) electrons. The van der Waals surface area contributed by atoms with Crippen molar-refractivity contribution in [2.75, 3.05) is 0 Å². The second kappa shape index (κ2) is 5.26. The molecule has 1 atom stereocenters.